The standard InChI is InChI=1S/C14H19N3O/c1-16-10-11-4-2-3-5-13(11)17(14(16)18)9-8-15-12-6-7-12/h2-5,12,15H,6-10H2,1H3. The molecule has 1 fully saturated rings. The average molecular weight is 245 g/mol. The first kappa shape index (κ1) is 11.5. The van der Waals surface area contributed by atoms with Crippen LogP contribution in [0.2, 0.25) is 0 Å². The minimum atomic E-state index is 0.103. The number of amides is 2. The lowest BCUT2D eigenvalue weighted by molar-refractivity contribution is 0.210. The number of nitrogens with zero attached hydrogens (tertiary/aromatic N) is 2. The van der Waals surface area contributed by atoms with Crippen LogP contribution >= 0.6 is 0 Å². The maximum atomic E-state index is 12.2. The van der Waals surface area contributed by atoms with Crippen molar-refractivity contribution in [3.05, 3.63) is 29.8 Å². The maximum Gasteiger partial charge on any atom is 0.324 e. The molecule has 4 heteroatoms. The minimum Gasteiger partial charge on any atom is -0.323 e. The van der Waals surface area contributed by atoms with Gasteiger partial charge in [-0.05, 0) is 24.5 Å². The Kier molecular flexibility index (Phi) is 2.96. The first-order valence-electron chi connectivity index (χ1n) is 6.59. The molecule has 0 atom stereocenters. The number of carbonyl (C=O) groups excluding carboxylic acids is 1. The molecule has 1 aliphatic carbocycles. The van der Waals surface area contributed by atoms with Gasteiger partial charge in [-0.1, -0.05) is 18.2 Å². The van der Waals surface area contributed by atoms with Crippen LogP contribution in [-0.2, 0) is 6.54 Å². The molecule has 1 heterocycles. The fourth-order valence-electron chi connectivity index (χ4n) is 2.42. The SMILES string of the molecule is CN1Cc2ccccc2N(CCNC2CC2)C1=O. The van der Waals surface area contributed by atoms with E-state index in [2.05, 4.69) is 11.4 Å². The van der Waals surface area contributed by atoms with Crippen molar-refractivity contribution in [2.75, 3.05) is 25.0 Å². The topological polar surface area (TPSA) is 35.6 Å². The van der Waals surface area contributed by atoms with Crippen LogP contribution in [0.25, 0.3) is 0 Å². The first-order chi connectivity index (χ1) is 8.75. The zero-order valence-corrected chi connectivity index (χ0v) is 10.7. The molecule has 1 aromatic carbocycles. The number of nitrogens with one attached hydrogen (secondary N) is 1. The van der Waals surface area contributed by atoms with Gasteiger partial charge in [-0.15, -0.1) is 0 Å². The zero-order valence-electron chi connectivity index (χ0n) is 10.7. The fourth-order valence-corrected chi connectivity index (χ4v) is 2.42. The van der Waals surface area contributed by atoms with Gasteiger partial charge in [0.15, 0.2) is 0 Å². The average Bonchev–Trinajstić information content (AvgIpc) is 3.18. The van der Waals surface area contributed by atoms with E-state index in [9.17, 15) is 4.79 Å². The number of para-hydroxylation sites is 1. The van der Waals surface area contributed by atoms with E-state index < -0.39 is 0 Å². The summed E-state index contributed by atoms with van der Waals surface area (Å²) < 4.78 is 0. The van der Waals surface area contributed by atoms with Crippen LogP contribution in [0, 0.1) is 0 Å². The number of urea groups is 1. The van der Waals surface area contributed by atoms with Gasteiger partial charge in [0.1, 0.15) is 0 Å². The van der Waals surface area contributed by atoms with Crippen molar-refractivity contribution in [1.82, 2.24) is 10.2 Å². The monoisotopic (exact) mass is 245 g/mol. The van der Waals surface area contributed by atoms with Gasteiger partial charge in [0.25, 0.3) is 0 Å². The predicted octanol–water partition coefficient (Wildman–Crippen LogP) is 1.81. The molecule has 2 amide bonds. The van der Waals surface area contributed by atoms with Crippen LogP contribution in [-0.4, -0.2) is 37.1 Å². The fraction of sp³-hybridized carbons (Fsp3) is 0.500. The molecule has 0 aromatic heterocycles. The van der Waals surface area contributed by atoms with Gasteiger partial charge >= 0.3 is 6.03 Å². The molecule has 0 spiro atoms. The van der Waals surface area contributed by atoms with E-state index in [-0.39, 0.29) is 6.03 Å². The lowest BCUT2D eigenvalue weighted by Crippen LogP contribution is -2.47. The highest BCUT2D eigenvalue weighted by molar-refractivity contribution is 5.94. The van der Waals surface area contributed by atoms with Crippen molar-refractivity contribution >= 4 is 11.7 Å². The normalized spacial score (nSPS) is 19.1. The van der Waals surface area contributed by atoms with E-state index in [1.54, 1.807) is 4.90 Å². The third kappa shape index (κ3) is 2.20. The predicted molar refractivity (Wildman–Crippen MR) is 71.7 cm³/mol. The van der Waals surface area contributed by atoms with E-state index >= 15 is 0 Å². The highest BCUT2D eigenvalue weighted by atomic mass is 16.2. The molecule has 1 aromatic rings. The summed E-state index contributed by atoms with van der Waals surface area (Å²) in [6.07, 6.45) is 2.56. The van der Waals surface area contributed by atoms with Crippen molar-refractivity contribution < 1.29 is 4.79 Å². The van der Waals surface area contributed by atoms with Gasteiger partial charge in [-0.3, -0.25) is 4.90 Å². The Bertz CT molecular complexity index is 456. The Labute approximate surface area is 108 Å². The summed E-state index contributed by atoms with van der Waals surface area (Å²) in [7, 11) is 1.86. The number of rotatable bonds is 4. The van der Waals surface area contributed by atoms with Crippen LogP contribution in [0.4, 0.5) is 10.5 Å². The van der Waals surface area contributed by atoms with E-state index in [1.165, 1.54) is 18.4 Å². The van der Waals surface area contributed by atoms with Crippen molar-refractivity contribution in [1.29, 1.82) is 0 Å². The highest BCUT2D eigenvalue weighted by Crippen LogP contribution is 2.27. The van der Waals surface area contributed by atoms with Gasteiger partial charge in [-0.2, -0.15) is 0 Å². The highest BCUT2D eigenvalue weighted by Gasteiger charge is 2.28. The third-order valence-corrected chi connectivity index (χ3v) is 3.59. The van der Waals surface area contributed by atoms with Crippen molar-refractivity contribution in [2.45, 2.75) is 25.4 Å². The van der Waals surface area contributed by atoms with Crippen molar-refractivity contribution in [3.63, 3.8) is 0 Å². The van der Waals surface area contributed by atoms with Gasteiger partial charge in [0.2, 0.25) is 0 Å². The van der Waals surface area contributed by atoms with Crippen LogP contribution in [0.15, 0.2) is 24.3 Å². The summed E-state index contributed by atoms with van der Waals surface area (Å²) in [5.74, 6) is 0. The quantitative estimate of drug-likeness (QED) is 0.878. The number of fused-ring (bicyclic) bond motifs is 1. The van der Waals surface area contributed by atoms with Crippen LogP contribution in [0.5, 0.6) is 0 Å². The third-order valence-electron chi connectivity index (χ3n) is 3.59. The number of hydrogen-bond acceptors (Lipinski definition) is 2. The molecule has 1 aliphatic heterocycles. The molecule has 1 saturated carbocycles. The largest absolute Gasteiger partial charge is 0.324 e. The Morgan fingerprint density at radius 1 is 1.33 bits per heavy atom. The first-order valence-corrected chi connectivity index (χ1v) is 6.59. The number of anilines is 1. The second kappa shape index (κ2) is 4.61. The summed E-state index contributed by atoms with van der Waals surface area (Å²) >= 11 is 0. The molecule has 0 bridgehead atoms. The number of benzene rings is 1. The molecule has 0 radical (unpaired) electrons. The Hall–Kier alpha value is -1.55. The molecule has 96 valence electrons. The molecular formula is C14H19N3O. The Morgan fingerprint density at radius 2 is 2.11 bits per heavy atom. The van der Waals surface area contributed by atoms with E-state index in [0.29, 0.717) is 12.6 Å². The molecule has 0 saturated heterocycles. The Balaban J connectivity index is 1.74. The molecule has 1 N–H and O–H groups in total. The lowest BCUT2D eigenvalue weighted by atomic mass is 10.1. The van der Waals surface area contributed by atoms with Crippen LogP contribution in [0.1, 0.15) is 18.4 Å². The minimum absolute atomic E-state index is 0.103. The van der Waals surface area contributed by atoms with Crippen molar-refractivity contribution in [2.24, 2.45) is 0 Å². The summed E-state index contributed by atoms with van der Waals surface area (Å²) in [6.45, 7) is 2.33. The van der Waals surface area contributed by atoms with E-state index in [1.807, 2.05) is 30.1 Å². The molecular weight excluding hydrogens is 226 g/mol. The van der Waals surface area contributed by atoms with Gasteiger partial charge in [-0.25, -0.2) is 4.79 Å². The summed E-state index contributed by atoms with van der Waals surface area (Å²) in [5.41, 5.74) is 2.30. The molecule has 0 unspecified atom stereocenters. The summed E-state index contributed by atoms with van der Waals surface area (Å²) in [5, 5.41) is 3.46. The molecule has 4 nitrogen and oxygen atoms in total. The van der Waals surface area contributed by atoms with Gasteiger partial charge in [0.05, 0.1) is 5.69 Å². The molecule has 3 rings (SSSR count). The second-order valence-corrected chi connectivity index (χ2v) is 5.15. The zero-order chi connectivity index (χ0) is 12.5. The van der Waals surface area contributed by atoms with Crippen LogP contribution < -0.4 is 10.2 Å². The van der Waals surface area contributed by atoms with Crippen molar-refractivity contribution in [3.8, 4) is 0 Å². The molecule has 18 heavy (non-hydrogen) atoms. The van der Waals surface area contributed by atoms with Crippen LogP contribution in [0.3, 0.4) is 0 Å². The number of carbonyl (C=O) groups is 1. The summed E-state index contributed by atoms with van der Waals surface area (Å²) in [6, 6.07) is 8.96. The van der Waals surface area contributed by atoms with Gasteiger partial charge < -0.3 is 10.2 Å². The number of hydrogen-bond donors (Lipinski definition) is 1. The van der Waals surface area contributed by atoms with Gasteiger partial charge in [0, 0.05) is 32.7 Å². The summed E-state index contributed by atoms with van der Waals surface area (Å²) in [4.78, 5) is 15.9. The van der Waals surface area contributed by atoms with E-state index in [0.717, 1.165) is 18.8 Å². The Morgan fingerprint density at radius 3 is 2.89 bits per heavy atom. The van der Waals surface area contributed by atoms with E-state index in [4.69, 9.17) is 0 Å². The smallest absolute Gasteiger partial charge is 0.323 e. The maximum absolute atomic E-state index is 12.2. The second-order valence-electron chi connectivity index (χ2n) is 5.15. The molecule has 2 aliphatic rings. The lowest BCUT2D eigenvalue weighted by Gasteiger charge is -2.35.